The summed E-state index contributed by atoms with van der Waals surface area (Å²) in [6, 6.07) is 0. The van der Waals surface area contributed by atoms with Crippen molar-refractivity contribution in [3.63, 3.8) is 0 Å². The van der Waals surface area contributed by atoms with Crippen LogP contribution < -0.4 is 0 Å². The van der Waals surface area contributed by atoms with E-state index in [1.54, 1.807) is 0 Å². The number of carboxylic acids is 1. The molecule has 8 nitrogen and oxygen atoms in total. The van der Waals surface area contributed by atoms with Crippen LogP contribution in [0.5, 0.6) is 0 Å². The largest absolute Gasteiger partial charge is 0.478 e. The van der Waals surface area contributed by atoms with E-state index in [1.165, 1.54) is 13.8 Å². The fourth-order valence-corrected chi connectivity index (χ4v) is 3.52. The molecule has 0 aromatic heterocycles. The third-order valence-corrected chi connectivity index (χ3v) is 5.51. The monoisotopic (exact) mass is 295 g/mol. The highest BCUT2D eigenvalue weighted by Crippen LogP contribution is 2.24. The molecule has 1 heterocycles. The van der Waals surface area contributed by atoms with E-state index < -0.39 is 46.7 Å². The van der Waals surface area contributed by atoms with Gasteiger partial charge in [0.1, 0.15) is 5.57 Å². The molecule has 0 fully saturated rings. The van der Waals surface area contributed by atoms with Crippen LogP contribution in [-0.4, -0.2) is 44.5 Å². The quantitative estimate of drug-likeness (QED) is 0.711. The second-order valence-corrected chi connectivity index (χ2v) is 7.61. The van der Waals surface area contributed by atoms with Gasteiger partial charge in [-0.15, -0.1) is 0 Å². The van der Waals surface area contributed by atoms with Gasteiger partial charge < -0.3 is 5.11 Å². The molecule has 100 valence electrons. The van der Waals surface area contributed by atoms with Crippen molar-refractivity contribution in [2.75, 3.05) is 0 Å². The third kappa shape index (κ3) is 2.20. The molecular weight excluding hydrogens is 286 g/mol. The standard InChI is InChI=1S/C8H9NO7S2/c1-4(2)17(13,14)8(12)6-5(7(10)11)3-9-18(6,15)16/h3-4H,1-2H3,(H,10,11). The first-order valence-corrected chi connectivity index (χ1v) is 7.56. The minimum absolute atomic E-state index is 0.445. The van der Waals surface area contributed by atoms with Gasteiger partial charge in [0.05, 0.1) is 11.5 Å². The normalized spacial score (nSPS) is 18.4. The maximum absolute atomic E-state index is 11.7. The molecule has 10 heteroatoms. The van der Waals surface area contributed by atoms with Crippen molar-refractivity contribution < 1.29 is 31.5 Å². The van der Waals surface area contributed by atoms with Gasteiger partial charge in [-0.25, -0.2) is 13.2 Å². The molecule has 1 rings (SSSR count). The van der Waals surface area contributed by atoms with Crippen molar-refractivity contribution in [3.05, 3.63) is 10.5 Å². The van der Waals surface area contributed by atoms with E-state index in [1.807, 2.05) is 0 Å². The van der Waals surface area contributed by atoms with E-state index >= 15 is 0 Å². The van der Waals surface area contributed by atoms with Crippen molar-refractivity contribution in [2.24, 2.45) is 4.40 Å². The highest BCUT2D eigenvalue weighted by molar-refractivity contribution is 8.10. The van der Waals surface area contributed by atoms with Gasteiger partial charge >= 0.3 is 5.97 Å². The molecule has 18 heavy (non-hydrogen) atoms. The molecular formula is C8H9NO7S2. The third-order valence-electron chi connectivity index (χ3n) is 2.12. The highest BCUT2D eigenvalue weighted by Gasteiger charge is 2.42. The summed E-state index contributed by atoms with van der Waals surface area (Å²) in [5.74, 6) is -1.73. The Morgan fingerprint density at radius 2 is 1.83 bits per heavy atom. The number of sulfonamides is 1. The first-order valence-electron chi connectivity index (χ1n) is 4.58. The summed E-state index contributed by atoms with van der Waals surface area (Å²) in [5, 5.41) is 5.80. The summed E-state index contributed by atoms with van der Waals surface area (Å²) >= 11 is 0. The minimum Gasteiger partial charge on any atom is -0.478 e. The van der Waals surface area contributed by atoms with Crippen molar-refractivity contribution in [2.45, 2.75) is 19.1 Å². The lowest BCUT2D eigenvalue weighted by Gasteiger charge is -2.06. The van der Waals surface area contributed by atoms with Crippen LogP contribution in [0.15, 0.2) is 14.9 Å². The predicted molar refractivity (Wildman–Crippen MR) is 61.1 cm³/mol. The molecule has 0 aliphatic carbocycles. The molecule has 0 atom stereocenters. The Labute approximate surface area is 103 Å². The SMILES string of the molecule is CC(C)S(=O)(=O)C(=O)C1=C(C(=O)O)C=NS1(=O)=O. The van der Waals surface area contributed by atoms with Crippen molar-refractivity contribution >= 4 is 37.2 Å². The lowest BCUT2D eigenvalue weighted by molar-refractivity contribution is -0.132. The van der Waals surface area contributed by atoms with E-state index in [2.05, 4.69) is 4.40 Å². The summed E-state index contributed by atoms with van der Waals surface area (Å²) in [4.78, 5) is 21.1. The van der Waals surface area contributed by atoms with Crippen molar-refractivity contribution in [1.29, 1.82) is 0 Å². The number of carbonyl (C=O) groups excluding carboxylic acids is 1. The second kappa shape index (κ2) is 4.28. The van der Waals surface area contributed by atoms with Gasteiger partial charge in [-0.2, -0.15) is 12.8 Å². The molecule has 0 saturated carbocycles. The van der Waals surface area contributed by atoms with Crippen LogP contribution in [0.3, 0.4) is 0 Å². The molecule has 0 unspecified atom stereocenters. The molecule has 0 saturated heterocycles. The van der Waals surface area contributed by atoms with E-state index in [9.17, 15) is 26.4 Å². The fraction of sp³-hybridized carbons (Fsp3) is 0.375. The van der Waals surface area contributed by atoms with Crippen LogP contribution >= 0.6 is 0 Å². The Kier molecular flexibility index (Phi) is 3.45. The summed E-state index contributed by atoms with van der Waals surface area (Å²) in [7, 11) is -8.97. The molecule has 1 aliphatic heterocycles. The lowest BCUT2D eigenvalue weighted by atomic mass is 10.3. The molecule has 1 aliphatic rings. The lowest BCUT2D eigenvalue weighted by Crippen LogP contribution is -2.28. The molecule has 1 N–H and O–H groups in total. The molecule has 0 radical (unpaired) electrons. The van der Waals surface area contributed by atoms with E-state index in [4.69, 9.17) is 5.11 Å². The number of rotatable bonds is 3. The van der Waals surface area contributed by atoms with E-state index in [0.717, 1.165) is 0 Å². The molecule has 0 aromatic rings. The average Bonchev–Trinajstić information content (AvgIpc) is 2.52. The van der Waals surface area contributed by atoms with Crippen molar-refractivity contribution in [3.8, 4) is 0 Å². The number of carbonyl (C=O) groups is 2. The van der Waals surface area contributed by atoms with Crippen LogP contribution in [0.25, 0.3) is 0 Å². The van der Waals surface area contributed by atoms with Crippen molar-refractivity contribution in [1.82, 2.24) is 0 Å². The second-order valence-electron chi connectivity index (χ2n) is 3.64. The zero-order chi connectivity index (χ0) is 14.3. The Bertz CT molecular complexity index is 679. The Morgan fingerprint density at radius 3 is 2.22 bits per heavy atom. The van der Waals surface area contributed by atoms with Crippen LogP contribution in [0, 0.1) is 0 Å². The van der Waals surface area contributed by atoms with Gasteiger partial charge in [0.25, 0.3) is 15.1 Å². The van der Waals surface area contributed by atoms with Gasteiger partial charge in [-0.1, -0.05) is 0 Å². The summed E-state index contributed by atoms with van der Waals surface area (Å²) in [6.07, 6.45) is 0.445. The zero-order valence-corrected chi connectivity index (χ0v) is 10.9. The summed E-state index contributed by atoms with van der Waals surface area (Å²) < 4.78 is 48.8. The Hall–Kier alpha value is -1.55. The first kappa shape index (κ1) is 14.5. The Morgan fingerprint density at radius 1 is 1.33 bits per heavy atom. The number of sulfone groups is 1. The maximum atomic E-state index is 11.7. The van der Waals surface area contributed by atoms with Gasteiger partial charge in [0.2, 0.25) is 9.84 Å². The van der Waals surface area contributed by atoms with Gasteiger partial charge in [0.15, 0.2) is 4.91 Å². The first-order chi connectivity index (χ1) is 8.01. The van der Waals surface area contributed by atoms with Gasteiger partial charge in [-0.05, 0) is 13.8 Å². The predicted octanol–water partition coefficient (Wildman–Crippen LogP) is -0.911. The van der Waals surface area contributed by atoms with Gasteiger partial charge in [-0.3, -0.25) is 4.79 Å². The molecule has 0 spiro atoms. The molecule has 0 amide bonds. The van der Waals surface area contributed by atoms with Gasteiger partial charge in [0, 0.05) is 0 Å². The molecule has 0 bridgehead atoms. The maximum Gasteiger partial charge on any atom is 0.338 e. The van der Waals surface area contributed by atoms with Crippen LogP contribution in [0.4, 0.5) is 0 Å². The van der Waals surface area contributed by atoms with Crippen LogP contribution in [0.1, 0.15) is 13.8 Å². The number of nitrogens with zero attached hydrogens (tertiary/aromatic N) is 1. The smallest absolute Gasteiger partial charge is 0.338 e. The zero-order valence-electron chi connectivity index (χ0n) is 9.32. The average molecular weight is 295 g/mol. The summed E-state index contributed by atoms with van der Waals surface area (Å²) in [5.41, 5.74) is -0.941. The Balaban J connectivity index is 3.54. The number of hydrogen-bond acceptors (Lipinski definition) is 6. The van der Waals surface area contributed by atoms with E-state index in [-0.39, 0.29) is 0 Å². The van der Waals surface area contributed by atoms with Crippen LogP contribution in [-0.2, 0) is 29.4 Å². The number of hydrogen-bond donors (Lipinski definition) is 1. The minimum atomic E-state index is -4.56. The van der Waals surface area contributed by atoms with E-state index in [0.29, 0.717) is 6.21 Å². The molecule has 0 aromatic carbocycles. The topological polar surface area (TPSA) is 135 Å². The fourth-order valence-electron chi connectivity index (χ4n) is 1.08. The number of aliphatic carboxylic acids is 1. The highest BCUT2D eigenvalue weighted by atomic mass is 32.2. The number of carboxylic acid groups (broad SMARTS) is 1. The summed E-state index contributed by atoms with van der Waals surface area (Å²) in [6.45, 7) is 2.35. The van der Waals surface area contributed by atoms with Crippen LogP contribution in [0.2, 0.25) is 0 Å².